The molecule has 1 saturated carbocycles. The van der Waals surface area contributed by atoms with Crippen molar-refractivity contribution in [2.45, 2.75) is 44.7 Å². The van der Waals surface area contributed by atoms with Crippen molar-refractivity contribution in [2.24, 2.45) is 0 Å². The van der Waals surface area contributed by atoms with Crippen LogP contribution in [-0.4, -0.2) is 37.6 Å². The molecule has 1 rings (SSSR count). The van der Waals surface area contributed by atoms with Crippen LogP contribution >= 0.6 is 0 Å². The lowest BCUT2D eigenvalue weighted by Crippen LogP contribution is -2.44. The highest BCUT2D eigenvalue weighted by Gasteiger charge is 2.18. The second-order valence-corrected chi connectivity index (χ2v) is 4.06. The van der Waals surface area contributed by atoms with Gasteiger partial charge in [-0.05, 0) is 33.4 Å². The van der Waals surface area contributed by atoms with E-state index < -0.39 is 0 Å². The SMILES string of the molecule is CCC(CNC1CCC1)N(C)C. The molecule has 0 spiro atoms. The summed E-state index contributed by atoms with van der Waals surface area (Å²) in [5.74, 6) is 0. The van der Waals surface area contributed by atoms with Gasteiger partial charge in [-0.2, -0.15) is 0 Å². The molecular weight excluding hydrogens is 148 g/mol. The van der Waals surface area contributed by atoms with E-state index in [1.165, 1.54) is 25.7 Å². The molecule has 1 aliphatic carbocycles. The maximum Gasteiger partial charge on any atom is 0.0212 e. The number of nitrogens with one attached hydrogen (secondary N) is 1. The zero-order valence-electron chi connectivity index (χ0n) is 8.64. The molecule has 0 amide bonds. The van der Waals surface area contributed by atoms with Gasteiger partial charge in [0.1, 0.15) is 0 Å². The Balaban J connectivity index is 2.09. The minimum atomic E-state index is 0.714. The largest absolute Gasteiger partial charge is 0.312 e. The summed E-state index contributed by atoms with van der Waals surface area (Å²) in [5, 5.41) is 3.61. The first-order valence-electron chi connectivity index (χ1n) is 5.13. The van der Waals surface area contributed by atoms with Gasteiger partial charge in [-0.25, -0.2) is 0 Å². The van der Waals surface area contributed by atoms with Crippen LogP contribution in [0.4, 0.5) is 0 Å². The van der Waals surface area contributed by atoms with E-state index in [1.54, 1.807) is 0 Å². The van der Waals surface area contributed by atoms with Gasteiger partial charge < -0.3 is 10.2 Å². The minimum absolute atomic E-state index is 0.714. The summed E-state index contributed by atoms with van der Waals surface area (Å²) in [6, 6.07) is 1.55. The van der Waals surface area contributed by atoms with Gasteiger partial charge in [0.05, 0.1) is 0 Å². The fourth-order valence-corrected chi connectivity index (χ4v) is 1.61. The summed E-state index contributed by atoms with van der Waals surface area (Å²) in [6.45, 7) is 3.42. The molecule has 0 saturated heterocycles. The third-order valence-electron chi connectivity index (χ3n) is 2.95. The summed E-state index contributed by atoms with van der Waals surface area (Å²) in [6.07, 6.45) is 5.46. The third-order valence-corrected chi connectivity index (χ3v) is 2.95. The molecular formula is C10H22N2. The van der Waals surface area contributed by atoms with Crippen molar-refractivity contribution in [1.82, 2.24) is 10.2 Å². The van der Waals surface area contributed by atoms with Crippen LogP contribution in [0.5, 0.6) is 0 Å². The molecule has 0 aromatic carbocycles. The number of hydrogen-bond donors (Lipinski definition) is 1. The molecule has 1 fully saturated rings. The van der Waals surface area contributed by atoms with Gasteiger partial charge in [0, 0.05) is 18.6 Å². The number of likely N-dealkylation sites (N-methyl/N-ethyl adjacent to an activating group) is 1. The van der Waals surface area contributed by atoms with Crippen molar-refractivity contribution in [3.8, 4) is 0 Å². The zero-order chi connectivity index (χ0) is 8.97. The molecule has 1 atom stereocenters. The fraction of sp³-hybridized carbons (Fsp3) is 1.00. The van der Waals surface area contributed by atoms with E-state index in [4.69, 9.17) is 0 Å². The van der Waals surface area contributed by atoms with Crippen molar-refractivity contribution >= 4 is 0 Å². The van der Waals surface area contributed by atoms with Crippen molar-refractivity contribution in [2.75, 3.05) is 20.6 Å². The van der Waals surface area contributed by atoms with Crippen LogP contribution < -0.4 is 5.32 Å². The van der Waals surface area contributed by atoms with E-state index in [2.05, 4.69) is 31.2 Å². The van der Waals surface area contributed by atoms with E-state index in [-0.39, 0.29) is 0 Å². The first-order chi connectivity index (χ1) is 5.74. The highest BCUT2D eigenvalue weighted by Crippen LogP contribution is 2.18. The number of nitrogens with zero attached hydrogens (tertiary/aromatic N) is 1. The maximum absolute atomic E-state index is 3.61. The molecule has 2 nitrogen and oxygen atoms in total. The van der Waals surface area contributed by atoms with Crippen LogP contribution in [-0.2, 0) is 0 Å². The summed E-state index contributed by atoms with van der Waals surface area (Å²) in [5.41, 5.74) is 0. The minimum Gasteiger partial charge on any atom is -0.312 e. The van der Waals surface area contributed by atoms with Crippen LogP contribution in [0.3, 0.4) is 0 Å². The van der Waals surface area contributed by atoms with E-state index in [0.717, 1.165) is 12.6 Å². The lowest BCUT2D eigenvalue weighted by molar-refractivity contribution is 0.245. The smallest absolute Gasteiger partial charge is 0.0212 e. The fourth-order valence-electron chi connectivity index (χ4n) is 1.61. The Bertz CT molecular complexity index is 119. The molecule has 2 heteroatoms. The third kappa shape index (κ3) is 2.76. The molecule has 0 aromatic heterocycles. The predicted octanol–water partition coefficient (Wildman–Crippen LogP) is 1.47. The van der Waals surface area contributed by atoms with Gasteiger partial charge in [-0.1, -0.05) is 13.3 Å². The van der Waals surface area contributed by atoms with Crippen molar-refractivity contribution in [1.29, 1.82) is 0 Å². The van der Waals surface area contributed by atoms with E-state index >= 15 is 0 Å². The van der Waals surface area contributed by atoms with Crippen LogP contribution in [0, 0.1) is 0 Å². The maximum atomic E-state index is 3.61. The van der Waals surface area contributed by atoms with Gasteiger partial charge in [0.2, 0.25) is 0 Å². The summed E-state index contributed by atoms with van der Waals surface area (Å²) < 4.78 is 0. The predicted molar refractivity (Wildman–Crippen MR) is 53.4 cm³/mol. The van der Waals surface area contributed by atoms with Crippen molar-refractivity contribution in [3.63, 3.8) is 0 Å². The molecule has 1 unspecified atom stereocenters. The van der Waals surface area contributed by atoms with Gasteiger partial charge in [-0.3, -0.25) is 0 Å². The second-order valence-electron chi connectivity index (χ2n) is 4.06. The molecule has 1 N–H and O–H groups in total. The van der Waals surface area contributed by atoms with Gasteiger partial charge in [0.15, 0.2) is 0 Å². The topological polar surface area (TPSA) is 15.3 Å². The van der Waals surface area contributed by atoms with E-state index in [0.29, 0.717) is 6.04 Å². The molecule has 12 heavy (non-hydrogen) atoms. The van der Waals surface area contributed by atoms with Gasteiger partial charge in [-0.15, -0.1) is 0 Å². The lowest BCUT2D eigenvalue weighted by Gasteiger charge is -2.30. The second kappa shape index (κ2) is 4.83. The summed E-state index contributed by atoms with van der Waals surface area (Å²) >= 11 is 0. The summed E-state index contributed by atoms with van der Waals surface area (Å²) in [4.78, 5) is 2.31. The number of rotatable bonds is 5. The monoisotopic (exact) mass is 170 g/mol. The molecule has 0 radical (unpaired) electrons. The molecule has 0 bridgehead atoms. The normalized spacial score (nSPS) is 21.0. The Hall–Kier alpha value is -0.0800. The van der Waals surface area contributed by atoms with Crippen LogP contribution in [0.2, 0.25) is 0 Å². The molecule has 0 aliphatic heterocycles. The standard InChI is InChI=1S/C10H22N2/c1-4-10(12(2)3)8-11-9-6-5-7-9/h9-11H,4-8H2,1-3H3. The quantitative estimate of drug-likeness (QED) is 0.672. The molecule has 0 heterocycles. The Morgan fingerprint density at radius 2 is 2.08 bits per heavy atom. The number of hydrogen-bond acceptors (Lipinski definition) is 2. The van der Waals surface area contributed by atoms with Gasteiger partial charge in [0.25, 0.3) is 0 Å². The molecule has 0 aromatic rings. The van der Waals surface area contributed by atoms with E-state index in [1.807, 2.05) is 0 Å². The lowest BCUT2D eigenvalue weighted by atomic mass is 9.93. The average molecular weight is 170 g/mol. The van der Waals surface area contributed by atoms with Crippen LogP contribution in [0.15, 0.2) is 0 Å². The molecule has 1 aliphatic rings. The van der Waals surface area contributed by atoms with Crippen LogP contribution in [0.25, 0.3) is 0 Å². The Kier molecular flexibility index (Phi) is 4.02. The first kappa shape index (κ1) is 10.0. The highest BCUT2D eigenvalue weighted by atomic mass is 15.1. The first-order valence-corrected chi connectivity index (χ1v) is 5.13. The van der Waals surface area contributed by atoms with Crippen LogP contribution in [0.1, 0.15) is 32.6 Å². The Labute approximate surface area is 76.3 Å². The van der Waals surface area contributed by atoms with Gasteiger partial charge >= 0.3 is 0 Å². The Morgan fingerprint density at radius 1 is 1.42 bits per heavy atom. The zero-order valence-corrected chi connectivity index (χ0v) is 8.64. The average Bonchev–Trinajstić information content (AvgIpc) is 1.93. The van der Waals surface area contributed by atoms with Crippen molar-refractivity contribution in [3.05, 3.63) is 0 Å². The van der Waals surface area contributed by atoms with E-state index in [9.17, 15) is 0 Å². The van der Waals surface area contributed by atoms with Crippen molar-refractivity contribution < 1.29 is 0 Å². The Morgan fingerprint density at radius 3 is 2.42 bits per heavy atom. The summed E-state index contributed by atoms with van der Waals surface area (Å²) in [7, 11) is 4.33. The highest BCUT2D eigenvalue weighted by molar-refractivity contribution is 4.79. The molecule has 72 valence electrons.